The van der Waals surface area contributed by atoms with Crippen LogP contribution in [0.3, 0.4) is 0 Å². The molecule has 4 heteroatoms. The molecule has 1 aromatic carbocycles. The quantitative estimate of drug-likeness (QED) is 0.617. The summed E-state index contributed by atoms with van der Waals surface area (Å²) < 4.78 is 0. The number of anilines is 1. The molecule has 1 rings (SSSR count). The van der Waals surface area contributed by atoms with Crippen LogP contribution in [0.4, 0.5) is 5.69 Å². The van der Waals surface area contributed by atoms with Gasteiger partial charge in [0.05, 0.1) is 0 Å². The lowest BCUT2D eigenvalue weighted by atomic mass is 10.2. The lowest BCUT2D eigenvalue weighted by Crippen LogP contribution is -2.37. The normalized spacial score (nSPS) is 11.2. The highest BCUT2D eigenvalue weighted by Crippen LogP contribution is 2.11. The second kappa shape index (κ2) is 7.58. The van der Waals surface area contributed by atoms with Gasteiger partial charge >= 0.3 is 0 Å². The van der Waals surface area contributed by atoms with Gasteiger partial charge in [0.25, 0.3) is 0 Å². The molecule has 0 radical (unpaired) electrons. The molecule has 18 heavy (non-hydrogen) atoms. The topological polar surface area (TPSA) is 39.7 Å². The van der Waals surface area contributed by atoms with Crippen LogP contribution in [0.1, 0.15) is 18.9 Å². The molecule has 0 unspecified atom stereocenters. The van der Waals surface area contributed by atoms with Gasteiger partial charge in [0.15, 0.2) is 5.96 Å². The monoisotopic (exact) mass is 248 g/mol. The molecule has 0 atom stereocenters. The molecule has 2 N–H and O–H groups in total. The summed E-state index contributed by atoms with van der Waals surface area (Å²) in [6, 6.07) is 8.52. The van der Waals surface area contributed by atoms with E-state index in [0.29, 0.717) is 0 Å². The summed E-state index contributed by atoms with van der Waals surface area (Å²) in [7, 11) is 5.88. The Bertz CT molecular complexity index is 368. The van der Waals surface area contributed by atoms with Crippen molar-refractivity contribution in [3.63, 3.8) is 0 Å². The van der Waals surface area contributed by atoms with Crippen molar-refractivity contribution >= 4 is 11.6 Å². The van der Waals surface area contributed by atoms with Crippen LogP contribution in [-0.2, 0) is 6.54 Å². The predicted molar refractivity (Wildman–Crippen MR) is 79.3 cm³/mol. The molecule has 1 aromatic rings. The Labute approximate surface area is 110 Å². The van der Waals surface area contributed by atoms with Crippen LogP contribution in [0, 0.1) is 0 Å². The van der Waals surface area contributed by atoms with Crippen LogP contribution >= 0.6 is 0 Å². The van der Waals surface area contributed by atoms with Gasteiger partial charge in [-0.05, 0) is 24.1 Å². The van der Waals surface area contributed by atoms with Crippen LogP contribution in [0.15, 0.2) is 29.3 Å². The zero-order valence-electron chi connectivity index (χ0n) is 11.8. The first kappa shape index (κ1) is 14.4. The van der Waals surface area contributed by atoms with Crippen molar-refractivity contribution in [2.45, 2.75) is 19.9 Å². The maximum absolute atomic E-state index is 4.17. The molecule has 0 saturated heterocycles. The van der Waals surface area contributed by atoms with Gasteiger partial charge in [0.2, 0.25) is 0 Å². The highest BCUT2D eigenvalue weighted by atomic mass is 15.2. The van der Waals surface area contributed by atoms with E-state index in [2.05, 4.69) is 51.7 Å². The molecule has 0 aliphatic heterocycles. The third-order valence-corrected chi connectivity index (χ3v) is 2.68. The van der Waals surface area contributed by atoms with Gasteiger partial charge in [-0.2, -0.15) is 0 Å². The fourth-order valence-corrected chi connectivity index (χ4v) is 1.56. The van der Waals surface area contributed by atoms with Crippen LogP contribution in [0.25, 0.3) is 0 Å². The van der Waals surface area contributed by atoms with E-state index < -0.39 is 0 Å². The molecule has 4 nitrogen and oxygen atoms in total. The van der Waals surface area contributed by atoms with E-state index in [0.717, 1.165) is 25.5 Å². The smallest absolute Gasteiger partial charge is 0.191 e. The van der Waals surface area contributed by atoms with Crippen LogP contribution < -0.4 is 15.5 Å². The fraction of sp³-hybridized carbons (Fsp3) is 0.500. The van der Waals surface area contributed by atoms with E-state index in [1.54, 1.807) is 7.05 Å². The number of hydrogen-bond acceptors (Lipinski definition) is 2. The zero-order valence-corrected chi connectivity index (χ0v) is 11.8. The second-order valence-corrected chi connectivity index (χ2v) is 4.41. The second-order valence-electron chi connectivity index (χ2n) is 4.41. The Balaban J connectivity index is 2.47. The third kappa shape index (κ3) is 4.65. The average Bonchev–Trinajstić information content (AvgIpc) is 2.39. The van der Waals surface area contributed by atoms with Crippen molar-refractivity contribution in [3.05, 3.63) is 29.8 Å². The highest BCUT2D eigenvalue weighted by molar-refractivity contribution is 5.79. The van der Waals surface area contributed by atoms with E-state index in [-0.39, 0.29) is 0 Å². The fourth-order valence-electron chi connectivity index (χ4n) is 1.56. The highest BCUT2D eigenvalue weighted by Gasteiger charge is 1.98. The molecule has 100 valence electrons. The average molecular weight is 248 g/mol. The molecule has 0 aliphatic carbocycles. The molecule has 0 heterocycles. The van der Waals surface area contributed by atoms with Crippen molar-refractivity contribution in [2.75, 3.05) is 32.6 Å². The number of nitrogens with zero attached hydrogens (tertiary/aromatic N) is 2. The van der Waals surface area contributed by atoms with Gasteiger partial charge < -0.3 is 15.5 Å². The minimum absolute atomic E-state index is 0.789. The maximum Gasteiger partial charge on any atom is 0.191 e. The Morgan fingerprint density at radius 2 is 1.83 bits per heavy atom. The van der Waals surface area contributed by atoms with Crippen molar-refractivity contribution < 1.29 is 0 Å². The largest absolute Gasteiger partial charge is 0.378 e. The number of benzene rings is 1. The van der Waals surface area contributed by atoms with Crippen molar-refractivity contribution in [3.8, 4) is 0 Å². The molecule has 0 bridgehead atoms. The molecular formula is C14H24N4. The van der Waals surface area contributed by atoms with E-state index >= 15 is 0 Å². The number of guanidine groups is 1. The lowest BCUT2D eigenvalue weighted by Gasteiger charge is -2.14. The van der Waals surface area contributed by atoms with E-state index in [9.17, 15) is 0 Å². The first-order valence-electron chi connectivity index (χ1n) is 6.38. The SMILES string of the molecule is CCCNC(=NC)NCc1ccc(N(C)C)cc1. The van der Waals surface area contributed by atoms with Crippen molar-refractivity contribution in [2.24, 2.45) is 4.99 Å². The number of hydrogen-bond donors (Lipinski definition) is 2. The third-order valence-electron chi connectivity index (χ3n) is 2.68. The summed E-state index contributed by atoms with van der Waals surface area (Å²) in [6.45, 7) is 3.87. The summed E-state index contributed by atoms with van der Waals surface area (Å²) in [5.74, 6) is 0.855. The molecule has 0 aromatic heterocycles. The van der Waals surface area contributed by atoms with Crippen LogP contribution in [0.2, 0.25) is 0 Å². The van der Waals surface area contributed by atoms with E-state index in [1.165, 1.54) is 11.3 Å². The van der Waals surface area contributed by atoms with Crippen molar-refractivity contribution in [1.82, 2.24) is 10.6 Å². The maximum atomic E-state index is 4.17. The first-order chi connectivity index (χ1) is 8.67. The number of nitrogens with one attached hydrogen (secondary N) is 2. The Hall–Kier alpha value is -1.71. The summed E-state index contributed by atoms with van der Waals surface area (Å²) in [5.41, 5.74) is 2.47. The Morgan fingerprint density at radius 3 is 2.33 bits per heavy atom. The number of rotatable bonds is 5. The standard InChI is InChI=1S/C14H24N4/c1-5-10-16-14(15-2)17-11-12-6-8-13(9-7-12)18(3)4/h6-9H,5,10-11H2,1-4H3,(H2,15,16,17). The minimum atomic E-state index is 0.789. The molecule has 0 amide bonds. The molecule has 0 saturated carbocycles. The zero-order chi connectivity index (χ0) is 13.4. The Morgan fingerprint density at radius 1 is 1.17 bits per heavy atom. The molecule has 0 fully saturated rings. The molecule has 0 aliphatic rings. The molecule has 0 spiro atoms. The number of aliphatic imine (C=N–C) groups is 1. The summed E-state index contributed by atoms with van der Waals surface area (Å²) in [4.78, 5) is 6.27. The van der Waals surface area contributed by atoms with Crippen LogP contribution in [-0.4, -0.2) is 33.6 Å². The minimum Gasteiger partial charge on any atom is -0.378 e. The van der Waals surface area contributed by atoms with Crippen LogP contribution in [0.5, 0.6) is 0 Å². The molecular weight excluding hydrogens is 224 g/mol. The van der Waals surface area contributed by atoms with E-state index in [1.807, 2.05) is 14.1 Å². The first-order valence-corrected chi connectivity index (χ1v) is 6.38. The van der Waals surface area contributed by atoms with Gasteiger partial charge in [0.1, 0.15) is 0 Å². The summed E-state index contributed by atoms with van der Waals surface area (Å²) >= 11 is 0. The predicted octanol–water partition coefficient (Wildman–Crippen LogP) is 1.83. The van der Waals surface area contributed by atoms with Crippen molar-refractivity contribution in [1.29, 1.82) is 0 Å². The van der Waals surface area contributed by atoms with Gasteiger partial charge in [0, 0.05) is 39.9 Å². The van der Waals surface area contributed by atoms with Gasteiger partial charge in [-0.1, -0.05) is 19.1 Å². The summed E-state index contributed by atoms with van der Waals surface area (Å²) in [5, 5.41) is 6.54. The van der Waals surface area contributed by atoms with Gasteiger partial charge in [-0.25, -0.2) is 0 Å². The van der Waals surface area contributed by atoms with E-state index in [4.69, 9.17) is 0 Å². The van der Waals surface area contributed by atoms with Gasteiger partial charge in [-0.3, -0.25) is 4.99 Å². The summed E-state index contributed by atoms with van der Waals surface area (Å²) in [6.07, 6.45) is 1.10. The Kier molecular flexibility index (Phi) is 6.05. The van der Waals surface area contributed by atoms with Gasteiger partial charge in [-0.15, -0.1) is 0 Å². The lowest BCUT2D eigenvalue weighted by molar-refractivity contribution is 0.781.